The molecule has 1 amide bonds. The lowest BCUT2D eigenvalue weighted by Gasteiger charge is -2.28. The number of pyridine rings is 1. The molecule has 0 N–H and O–H groups in total. The van der Waals surface area contributed by atoms with E-state index in [2.05, 4.69) is 14.9 Å². The van der Waals surface area contributed by atoms with Crippen molar-refractivity contribution in [1.82, 2.24) is 9.88 Å². The smallest absolute Gasteiger partial charge is 0.287 e. The third-order valence-corrected chi connectivity index (χ3v) is 6.85. The van der Waals surface area contributed by atoms with Gasteiger partial charge in [-0.1, -0.05) is 12.1 Å². The van der Waals surface area contributed by atoms with E-state index < -0.39 is 4.92 Å². The molecule has 0 unspecified atom stereocenters. The number of thioether (sulfide) groups is 1. The molecule has 188 valence electrons. The van der Waals surface area contributed by atoms with Crippen molar-refractivity contribution in [3.8, 4) is 11.6 Å². The van der Waals surface area contributed by atoms with Gasteiger partial charge in [-0.3, -0.25) is 19.8 Å². The molecule has 5 rings (SSSR count). The molecule has 2 aromatic carbocycles. The summed E-state index contributed by atoms with van der Waals surface area (Å²) < 4.78 is 11.1. The number of anilines is 1. The molecule has 0 spiro atoms. The number of aliphatic imine (C=N–C) groups is 1. The van der Waals surface area contributed by atoms with Crippen LogP contribution in [0.3, 0.4) is 0 Å². The highest BCUT2D eigenvalue weighted by molar-refractivity contribution is 8.18. The Morgan fingerprint density at radius 1 is 1.08 bits per heavy atom. The maximum absolute atomic E-state index is 12.8. The van der Waals surface area contributed by atoms with Gasteiger partial charge < -0.3 is 14.4 Å². The molecule has 10 nitrogen and oxygen atoms in total. The number of morpholine rings is 1. The molecule has 11 heteroatoms. The Bertz CT molecular complexity index is 1350. The molecule has 2 fully saturated rings. The minimum absolute atomic E-state index is 0.106. The van der Waals surface area contributed by atoms with Gasteiger partial charge in [0, 0.05) is 38.0 Å². The highest BCUT2D eigenvalue weighted by Crippen LogP contribution is 2.34. The summed E-state index contributed by atoms with van der Waals surface area (Å²) in [5.74, 6) is 0.650. The average molecular weight is 518 g/mol. The van der Waals surface area contributed by atoms with Crippen molar-refractivity contribution in [2.75, 3.05) is 38.3 Å². The van der Waals surface area contributed by atoms with Crippen molar-refractivity contribution < 1.29 is 19.2 Å². The number of benzene rings is 2. The van der Waals surface area contributed by atoms with Crippen LogP contribution >= 0.6 is 11.8 Å². The van der Waals surface area contributed by atoms with Crippen LogP contribution in [0.5, 0.6) is 11.6 Å². The number of carbonyl (C=O) groups excluding carboxylic acids is 1. The summed E-state index contributed by atoms with van der Waals surface area (Å²) >= 11 is 1.32. The molecule has 1 aromatic heterocycles. The molecule has 3 heterocycles. The van der Waals surface area contributed by atoms with E-state index in [-0.39, 0.29) is 17.5 Å². The number of hydrogen-bond acceptors (Lipinski definition) is 9. The maximum Gasteiger partial charge on any atom is 0.287 e. The summed E-state index contributed by atoms with van der Waals surface area (Å²) in [5.41, 5.74) is 2.63. The number of ether oxygens (including phenoxy) is 2. The largest absolute Gasteiger partial charge is 0.439 e. The Balaban J connectivity index is 1.25. The number of rotatable bonds is 6. The SMILES string of the molecule is CN1C(=O)/C(=C/c2ccc(Oc3ccc([N+](=O)[O-])cn3)cc2)SC1=Nc1ccc(N2CCOCC2)cc1. The Kier molecular flexibility index (Phi) is 7.15. The number of likely N-dealkylation sites (N-methyl/N-ethyl adjacent to an activating group) is 1. The molecule has 2 aliphatic rings. The molecular formula is C26H23N5O5S. The van der Waals surface area contributed by atoms with Gasteiger partial charge in [0.1, 0.15) is 11.9 Å². The van der Waals surface area contributed by atoms with Crippen molar-refractivity contribution in [1.29, 1.82) is 0 Å². The molecular weight excluding hydrogens is 494 g/mol. The third-order valence-electron chi connectivity index (χ3n) is 5.79. The van der Waals surface area contributed by atoms with Crippen LogP contribution in [0.2, 0.25) is 0 Å². The lowest BCUT2D eigenvalue weighted by molar-refractivity contribution is -0.385. The first-order chi connectivity index (χ1) is 18.0. The van der Waals surface area contributed by atoms with Crippen LogP contribution in [0.15, 0.2) is 76.8 Å². The van der Waals surface area contributed by atoms with E-state index in [0.29, 0.717) is 15.8 Å². The Labute approximate surface area is 217 Å². The van der Waals surface area contributed by atoms with Crippen molar-refractivity contribution >= 4 is 46.0 Å². The number of hydrogen-bond donors (Lipinski definition) is 0. The summed E-state index contributed by atoms with van der Waals surface area (Å²) in [4.78, 5) is 36.1. The van der Waals surface area contributed by atoms with Gasteiger partial charge in [-0.2, -0.15) is 0 Å². The Morgan fingerprint density at radius 3 is 2.46 bits per heavy atom. The van der Waals surface area contributed by atoms with Crippen molar-refractivity contribution in [2.45, 2.75) is 0 Å². The van der Waals surface area contributed by atoms with Crippen LogP contribution in [0.1, 0.15) is 5.56 Å². The van der Waals surface area contributed by atoms with E-state index in [1.807, 2.05) is 36.4 Å². The lowest BCUT2D eigenvalue weighted by atomic mass is 10.2. The van der Waals surface area contributed by atoms with Gasteiger partial charge in [-0.05, 0) is 59.8 Å². The molecule has 2 aliphatic heterocycles. The number of amidine groups is 1. The van der Waals surface area contributed by atoms with E-state index in [4.69, 9.17) is 9.47 Å². The number of nitro groups is 1. The molecule has 0 radical (unpaired) electrons. The molecule has 2 saturated heterocycles. The zero-order valence-electron chi connectivity index (χ0n) is 19.9. The van der Waals surface area contributed by atoms with Crippen LogP contribution in [0.4, 0.5) is 17.1 Å². The topological polar surface area (TPSA) is 110 Å². The van der Waals surface area contributed by atoms with Crippen LogP contribution in [0.25, 0.3) is 6.08 Å². The first-order valence-electron chi connectivity index (χ1n) is 11.5. The highest BCUT2D eigenvalue weighted by Gasteiger charge is 2.30. The number of nitrogens with zero attached hydrogens (tertiary/aromatic N) is 5. The van der Waals surface area contributed by atoms with Crippen molar-refractivity contribution in [3.63, 3.8) is 0 Å². The summed E-state index contributed by atoms with van der Waals surface area (Å²) in [6, 6.07) is 17.9. The van der Waals surface area contributed by atoms with Crippen LogP contribution in [0, 0.1) is 10.1 Å². The summed E-state index contributed by atoms with van der Waals surface area (Å²) in [6.07, 6.45) is 2.95. The van der Waals surface area contributed by atoms with Crippen LogP contribution in [-0.4, -0.2) is 59.2 Å². The zero-order valence-corrected chi connectivity index (χ0v) is 20.8. The predicted octanol–water partition coefficient (Wildman–Crippen LogP) is 4.85. The average Bonchev–Trinajstić information content (AvgIpc) is 3.18. The molecule has 0 aliphatic carbocycles. The minimum atomic E-state index is -0.517. The predicted molar refractivity (Wildman–Crippen MR) is 142 cm³/mol. The quantitative estimate of drug-likeness (QED) is 0.259. The van der Waals surface area contributed by atoms with Gasteiger partial charge in [0.15, 0.2) is 5.17 Å². The van der Waals surface area contributed by atoms with E-state index in [1.54, 1.807) is 30.2 Å². The Morgan fingerprint density at radius 2 is 1.81 bits per heavy atom. The molecule has 3 aromatic rings. The van der Waals surface area contributed by atoms with Gasteiger partial charge in [-0.15, -0.1) is 0 Å². The van der Waals surface area contributed by atoms with Crippen LogP contribution < -0.4 is 9.64 Å². The zero-order chi connectivity index (χ0) is 25.8. The fourth-order valence-corrected chi connectivity index (χ4v) is 4.75. The van der Waals surface area contributed by atoms with Crippen LogP contribution in [-0.2, 0) is 9.53 Å². The summed E-state index contributed by atoms with van der Waals surface area (Å²) in [7, 11) is 1.71. The second kappa shape index (κ2) is 10.8. The number of carbonyl (C=O) groups is 1. The number of aromatic nitrogens is 1. The summed E-state index contributed by atoms with van der Waals surface area (Å²) in [6.45, 7) is 3.21. The van der Waals surface area contributed by atoms with Gasteiger partial charge in [-0.25, -0.2) is 9.98 Å². The second-order valence-corrected chi connectivity index (χ2v) is 9.28. The first-order valence-corrected chi connectivity index (χ1v) is 12.4. The maximum atomic E-state index is 12.8. The monoisotopic (exact) mass is 517 g/mol. The van der Waals surface area contributed by atoms with Gasteiger partial charge in [0.05, 0.1) is 28.7 Å². The third kappa shape index (κ3) is 5.79. The van der Waals surface area contributed by atoms with Crippen molar-refractivity contribution in [3.05, 3.63) is 87.4 Å². The normalized spacial score (nSPS) is 18.0. The fourth-order valence-electron chi connectivity index (χ4n) is 3.77. The van der Waals surface area contributed by atoms with E-state index >= 15 is 0 Å². The van der Waals surface area contributed by atoms with Crippen molar-refractivity contribution in [2.24, 2.45) is 4.99 Å². The van der Waals surface area contributed by atoms with Gasteiger partial charge >= 0.3 is 0 Å². The lowest BCUT2D eigenvalue weighted by Crippen LogP contribution is -2.36. The fraction of sp³-hybridized carbons (Fsp3) is 0.192. The molecule has 0 bridgehead atoms. The molecule has 0 saturated carbocycles. The highest BCUT2D eigenvalue weighted by atomic mass is 32.2. The molecule has 37 heavy (non-hydrogen) atoms. The Hall–Kier alpha value is -4.22. The molecule has 0 atom stereocenters. The van der Waals surface area contributed by atoms with E-state index in [1.165, 1.54) is 23.9 Å². The van der Waals surface area contributed by atoms with E-state index in [0.717, 1.165) is 49.4 Å². The standard InChI is InChI=1S/C26H23N5O5S/c1-29-25(32)23(37-26(29)28-19-4-6-20(7-5-19)30-12-14-35-15-13-30)16-18-2-9-22(10-3-18)36-24-11-8-21(17-27-24)31(33)34/h2-11,16-17H,12-15H2,1H3/b23-16-,28-26?. The first kappa shape index (κ1) is 24.5. The van der Waals surface area contributed by atoms with Gasteiger partial charge in [0.2, 0.25) is 5.88 Å². The van der Waals surface area contributed by atoms with Gasteiger partial charge in [0.25, 0.3) is 11.6 Å². The van der Waals surface area contributed by atoms with E-state index in [9.17, 15) is 14.9 Å². The summed E-state index contributed by atoms with van der Waals surface area (Å²) in [5, 5.41) is 11.4. The minimum Gasteiger partial charge on any atom is -0.439 e. The second-order valence-electron chi connectivity index (χ2n) is 8.27. The number of amides is 1.